The fourth-order valence-electron chi connectivity index (χ4n) is 4.40. The number of imidazole rings is 1. The Kier molecular flexibility index (Phi) is 5.81. The van der Waals surface area contributed by atoms with Gasteiger partial charge in [-0.05, 0) is 61.7 Å². The second-order valence-electron chi connectivity index (χ2n) is 8.57. The van der Waals surface area contributed by atoms with Crippen LogP contribution in [0.3, 0.4) is 0 Å². The molecule has 170 valence electrons. The number of para-hydroxylation sites is 1. The van der Waals surface area contributed by atoms with Gasteiger partial charge in [0, 0.05) is 17.8 Å². The molecule has 5 rings (SSSR count). The number of pyridine rings is 1. The zero-order valence-electron chi connectivity index (χ0n) is 18.6. The third-order valence-corrected chi connectivity index (χ3v) is 7.35. The van der Waals surface area contributed by atoms with Crippen LogP contribution in [0.5, 0.6) is 5.75 Å². The van der Waals surface area contributed by atoms with E-state index in [0.717, 1.165) is 29.9 Å². The van der Waals surface area contributed by atoms with Crippen molar-refractivity contribution >= 4 is 21.6 Å². The summed E-state index contributed by atoms with van der Waals surface area (Å²) in [5.74, 6) is 1.12. The summed E-state index contributed by atoms with van der Waals surface area (Å²) in [6.07, 6.45) is 7.91. The van der Waals surface area contributed by atoms with Crippen molar-refractivity contribution in [1.82, 2.24) is 9.38 Å². The van der Waals surface area contributed by atoms with E-state index >= 15 is 0 Å². The van der Waals surface area contributed by atoms with Gasteiger partial charge >= 0.3 is 10.1 Å². The van der Waals surface area contributed by atoms with Gasteiger partial charge in [0.1, 0.15) is 22.1 Å². The highest BCUT2D eigenvalue weighted by Gasteiger charge is 2.24. The van der Waals surface area contributed by atoms with Crippen LogP contribution in [-0.2, 0) is 10.1 Å². The van der Waals surface area contributed by atoms with E-state index in [0.29, 0.717) is 17.3 Å². The average molecular weight is 462 g/mol. The molecule has 1 saturated carbocycles. The second kappa shape index (κ2) is 8.90. The van der Waals surface area contributed by atoms with Crippen LogP contribution in [0.25, 0.3) is 16.9 Å². The zero-order chi connectivity index (χ0) is 22.8. The Balaban J connectivity index is 1.60. The summed E-state index contributed by atoms with van der Waals surface area (Å²) < 4.78 is 33.6. The number of fused-ring (bicyclic) bond motifs is 1. The first-order valence-electron chi connectivity index (χ1n) is 11.4. The summed E-state index contributed by atoms with van der Waals surface area (Å²) in [5.41, 5.74) is 3.24. The van der Waals surface area contributed by atoms with E-state index in [-0.39, 0.29) is 10.6 Å². The molecule has 0 radical (unpaired) electrons. The molecule has 2 heterocycles. The van der Waals surface area contributed by atoms with Crippen LogP contribution in [0.1, 0.15) is 37.7 Å². The third kappa shape index (κ3) is 4.46. The molecule has 4 aromatic rings. The van der Waals surface area contributed by atoms with Gasteiger partial charge in [-0.15, -0.1) is 0 Å². The van der Waals surface area contributed by atoms with Gasteiger partial charge in [0.05, 0.1) is 0 Å². The molecule has 6 nitrogen and oxygen atoms in total. The summed E-state index contributed by atoms with van der Waals surface area (Å²) in [6, 6.07) is 19.8. The molecule has 1 aliphatic rings. The second-order valence-corrected chi connectivity index (χ2v) is 10.1. The summed E-state index contributed by atoms with van der Waals surface area (Å²) in [5, 5.41) is 3.71. The number of hydrogen-bond donors (Lipinski definition) is 1. The molecule has 0 bridgehead atoms. The molecule has 7 heteroatoms. The van der Waals surface area contributed by atoms with Crippen LogP contribution in [0.2, 0.25) is 0 Å². The van der Waals surface area contributed by atoms with Gasteiger partial charge in [-0.2, -0.15) is 8.42 Å². The first kappa shape index (κ1) is 21.5. The van der Waals surface area contributed by atoms with Crippen molar-refractivity contribution in [3.05, 3.63) is 78.5 Å². The highest BCUT2D eigenvalue weighted by molar-refractivity contribution is 7.87. The fraction of sp³-hybridized carbons (Fsp3) is 0.269. The van der Waals surface area contributed by atoms with E-state index in [2.05, 4.69) is 5.32 Å². The Labute approximate surface area is 194 Å². The molecule has 0 saturated heterocycles. The highest BCUT2D eigenvalue weighted by atomic mass is 32.2. The van der Waals surface area contributed by atoms with Crippen molar-refractivity contribution in [2.75, 3.05) is 5.32 Å². The van der Waals surface area contributed by atoms with Crippen LogP contribution in [-0.4, -0.2) is 23.8 Å². The predicted octanol–water partition coefficient (Wildman–Crippen LogP) is 5.82. The highest BCUT2D eigenvalue weighted by Crippen LogP contribution is 2.37. The van der Waals surface area contributed by atoms with Crippen LogP contribution in [0.4, 0.5) is 5.82 Å². The van der Waals surface area contributed by atoms with E-state index < -0.39 is 10.1 Å². The van der Waals surface area contributed by atoms with Crippen molar-refractivity contribution in [3.8, 4) is 17.0 Å². The Morgan fingerprint density at radius 1 is 0.970 bits per heavy atom. The molecular formula is C26H27N3O3S. The Bertz CT molecular complexity index is 1370. The Morgan fingerprint density at radius 3 is 2.48 bits per heavy atom. The number of rotatable bonds is 6. The van der Waals surface area contributed by atoms with Gasteiger partial charge < -0.3 is 9.50 Å². The number of anilines is 1. The smallest absolute Gasteiger partial charge is 0.339 e. The summed E-state index contributed by atoms with van der Waals surface area (Å²) >= 11 is 0. The monoisotopic (exact) mass is 461 g/mol. The molecule has 2 aromatic heterocycles. The molecule has 33 heavy (non-hydrogen) atoms. The van der Waals surface area contributed by atoms with Gasteiger partial charge in [-0.25, -0.2) is 4.98 Å². The SMILES string of the molecule is Cc1ccn2c(NC3CCCCC3)c(-c3ccccc3OS(=O)(=O)c3ccccc3)nc2c1. The molecule has 2 aromatic carbocycles. The molecule has 1 fully saturated rings. The molecule has 0 atom stereocenters. The Hall–Kier alpha value is -3.32. The van der Waals surface area contributed by atoms with E-state index in [1.165, 1.54) is 31.4 Å². The van der Waals surface area contributed by atoms with Crippen LogP contribution >= 0.6 is 0 Å². The van der Waals surface area contributed by atoms with E-state index in [1.807, 2.05) is 41.8 Å². The molecule has 1 aliphatic carbocycles. The van der Waals surface area contributed by atoms with Crippen molar-refractivity contribution in [3.63, 3.8) is 0 Å². The van der Waals surface area contributed by atoms with E-state index in [9.17, 15) is 8.42 Å². The molecule has 0 aliphatic heterocycles. The van der Waals surface area contributed by atoms with Crippen LogP contribution in [0, 0.1) is 6.92 Å². The van der Waals surface area contributed by atoms with Gasteiger partial charge in [-0.3, -0.25) is 4.40 Å². The van der Waals surface area contributed by atoms with Crippen molar-refractivity contribution in [2.24, 2.45) is 0 Å². The van der Waals surface area contributed by atoms with Gasteiger partial charge in [0.2, 0.25) is 0 Å². The lowest BCUT2D eigenvalue weighted by molar-refractivity contribution is 0.461. The fourth-order valence-corrected chi connectivity index (χ4v) is 5.37. The first-order chi connectivity index (χ1) is 16.0. The topological polar surface area (TPSA) is 72.7 Å². The van der Waals surface area contributed by atoms with Crippen molar-refractivity contribution in [2.45, 2.75) is 50.0 Å². The minimum absolute atomic E-state index is 0.117. The number of aromatic nitrogens is 2. The minimum atomic E-state index is -3.98. The van der Waals surface area contributed by atoms with Crippen LogP contribution < -0.4 is 9.50 Å². The number of nitrogens with zero attached hydrogens (tertiary/aromatic N) is 2. The van der Waals surface area contributed by atoms with E-state index in [1.54, 1.807) is 30.3 Å². The average Bonchev–Trinajstić information content (AvgIpc) is 3.17. The van der Waals surface area contributed by atoms with Crippen molar-refractivity contribution in [1.29, 1.82) is 0 Å². The number of nitrogens with one attached hydrogen (secondary N) is 1. The summed E-state index contributed by atoms with van der Waals surface area (Å²) in [4.78, 5) is 5.01. The lowest BCUT2D eigenvalue weighted by Gasteiger charge is -2.24. The molecule has 0 spiro atoms. The first-order valence-corrected chi connectivity index (χ1v) is 12.8. The predicted molar refractivity (Wildman–Crippen MR) is 130 cm³/mol. The maximum Gasteiger partial charge on any atom is 0.339 e. The maximum atomic E-state index is 12.9. The normalized spacial score (nSPS) is 14.9. The summed E-state index contributed by atoms with van der Waals surface area (Å²) in [7, 11) is -3.98. The standard InChI is InChI=1S/C26H27N3O3S/c1-19-16-17-29-24(18-19)28-25(26(29)27-20-10-4-2-5-11-20)22-14-8-9-15-23(22)32-33(30,31)21-12-6-3-7-13-21/h3,6-9,12-18,20,27H,2,4-5,10-11H2,1H3. The van der Waals surface area contributed by atoms with E-state index in [4.69, 9.17) is 9.17 Å². The molecule has 1 N–H and O–H groups in total. The van der Waals surface area contributed by atoms with Crippen LogP contribution in [0.15, 0.2) is 77.8 Å². The van der Waals surface area contributed by atoms with Crippen molar-refractivity contribution < 1.29 is 12.6 Å². The number of benzene rings is 2. The third-order valence-electron chi connectivity index (χ3n) is 6.10. The van der Waals surface area contributed by atoms with Gasteiger partial charge in [0.15, 0.2) is 5.75 Å². The molecular weight excluding hydrogens is 434 g/mol. The largest absolute Gasteiger partial charge is 0.378 e. The lowest BCUT2D eigenvalue weighted by Crippen LogP contribution is -2.23. The summed E-state index contributed by atoms with van der Waals surface area (Å²) in [6.45, 7) is 2.03. The van der Waals surface area contributed by atoms with Gasteiger partial charge in [0.25, 0.3) is 0 Å². The number of aryl methyl sites for hydroxylation is 1. The minimum Gasteiger partial charge on any atom is -0.378 e. The zero-order valence-corrected chi connectivity index (χ0v) is 19.4. The van der Waals surface area contributed by atoms with Gasteiger partial charge in [-0.1, -0.05) is 49.6 Å². The lowest BCUT2D eigenvalue weighted by atomic mass is 9.95. The molecule has 0 amide bonds. The molecule has 0 unspecified atom stereocenters. The quantitative estimate of drug-likeness (QED) is 0.366. The Morgan fingerprint density at radius 2 is 1.70 bits per heavy atom. The number of hydrogen-bond acceptors (Lipinski definition) is 5. The maximum absolute atomic E-state index is 12.9.